The number of nitrogens with one attached hydrogen (secondary N) is 2. The minimum Gasteiger partial charge on any atom is -0.445 e. The van der Waals surface area contributed by atoms with Crippen LogP contribution in [0.25, 0.3) is 0 Å². The van der Waals surface area contributed by atoms with E-state index in [9.17, 15) is 14.4 Å². The molecule has 2 aromatic rings. The lowest BCUT2D eigenvalue weighted by Crippen LogP contribution is -2.55. The molecule has 2 atom stereocenters. The highest BCUT2D eigenvalue weighted by Gasteiger charge is 2.28. The number of nitrogens with two attached hydrogens (primary N) is 1. The van der Waals surface area contributed by atoms with Crippen molar-refractivity contribution in [2.45, 2.75) is 39.0 Å². The molecule has 7 nitrogen and oxygen atoms in total. The molecule has 160 valence electrons. The fourth-order valence-electron chi connectivity index (χ4n) is 2.79. The lowest BCUT2D eigenvalue weighted by molar-refractivity contribution is -0.129. The van der Waals surface area contributed by atoms with Crippen LogP contribution >= 0.6 is 15.9 Å². The van der Waals surface area contributed by atoms with E-state index in [4.69, 9.17) is 10.5 Å². The van der Waals surface area contributed by atoms with Crippen LogP contribution in [0.5, 0.6) is 0 Å². The van der Waals surface area contributed by atoms with Gasteiger partial charge in [-0.15, -0.1) is 0 Å². The first kappa shape index (κ1) is 23.4. The van der Waals surface area contributed by atoms with Crippen LogP contribution in [0.15, 0.2) is 59.1 Å². The number of amides is 3. The van der Waals surface area contributed by atoms with E-state index in [1.165, 1.54) is 0 Å². The smallest absolute Gasteiger partial charge is 0.408 e. The van der Waals surface area contributed by atoms with Gasteiger partial charge in [0.2, 0.25) is 11.8 Å². The Hall–Kier alpha value is -2.87. The minimum atomic E-state index is -0.917. The fraction of sp³-hybridized carbons (Fsp3) is 0.318. The Morgan fingerprint density at radius 1 is 1.00 bits per heavy atom. The van der Waals surface area contributed by atoms with Crippen LogP contribution in [0, 0.1) is 5.92 Å². The summed E-state index contributed by atoms with van der Waals surface area (Å²) < 4.78 is 6.01. The van der Waals surface area contributed by atoms with Gasteiger partial charge in [-0.1, -0.05) is 78.3 Å². The normalized spacial score (nSPS) is 12.7. The lowest BCUT2D eigenvalue weighted by atomic mass is 10.0. The average molecular weight is 476 g/mol. The summed E-state index contributed by atoms with van der Waals surface area (Å²) in [6.45, 7) is 3.66. The summed E-state index contributed by atoms with van der Waals surface area (Å²) >= 11 is 3.42. The summed E-state index contributed by atoms with van der Waals surface area (Å²) in [6.07, 6.45) is -0.486. The van der Waals surface area contributed by atoms with E-state index in [1.54, 1.807) is 13.8 Å². The molecule has 30 heavy (non-hydrogen) atoms. The van der Waals surface area contributed by atoms with Crippen molar-refractivity contribution in [1.82, 2.24) is 10.6 Å². The second kappa shape index (κ2) is 11.3. The van der Waals surface area contributed by atoms with Crippen molar-refractivity contribution in [3.63, 3.8) is 0 Å². The van der Waals surface area contributed by atoms with E-state index in [1.807, 2.05) is 54.6 Å². The Kier molecular flexibility index (Phi) is 8.86. The van der Waals surface area contributed by atoms with Crippen molar-refractivity contribution in [2.24, 2.45) is 11.7 Å². The van der Waals surface area contributed by atoms with E-state index in [-0.39, 0.29) is 18.9 Å². The summed E-state index contributed by atoms with van der Waals surface area (Å²) in [5.41, 5.74) is 7.16. The summed E-state index contributed by atoms with van der Waals surface area (Å²) in [5.74, 6) is -1.39. The standard InChI is InChI=1S/C22H26BrN3O4/c1-14(2)19(26-22(29)30-13-15-8-4-3-5-9-15)21(28)25-18(20(24)27)12-16-10-6-7-11-17(16)23/h3-11,14,18-19H,12-13H2,1-2H3,(H2,24,27)(H,25,28)(H,26,29)/t18-,19+/m0/s1. The van der Waals surface area contributed by atoms with Gasteiger partial charge in [-0.25, -0.2) is 4.79 Å². The van der Waals surface area contributed by atoms with Gasteiger partial charge in [0.15, 0.2) is 0 Å². The topological polar surface area (TPSA) is 111 Å². The van der Waals surface area contributed by atoms with Crippen LogP contribution in [0.2, 0.25) is 0 Å². The van der Waals surface area contributed by atoms with Gasteiger partial charge in [0.1, 0.15) is 18.7 Å². The van der Waals surface area contributed by atoms with Crippen molar-refractivity contribution in [3.8, 4) is 0 Å². The molecule has 4 N–H and O–H groups in total. The van der Waals surface area contributed by atoms with Gasteiger partial charge >= 0.3 is 6.09 Å². The molecule has 0 bridgehead atoms. The third-order valence-electron chi connectivity index (χ3n) is 4.48. The highest BCUT2D eigenvalue weighted by atomic mass is 79.9. The van der Waals surface area contributed by atoms with Crippen LogP contribution in [0.3, 0.4) is 0 Å². The Labute approximate surface area is 184 Å². The number of halogens is 1. The van der Waals surface area contributed by atoms with E-state index >= 15 is 0 Å². The molecule has 0 aliphatic rings. The fourth-order valence-corrected chi connectivity index (χ4v) is 3.24. The molecule has 2 aromatic carbocycles. The molecule has 0 heterocycles. The minimum absolute atomic E-state index is 0.0883. The van der Waals surface area contributed by atoms with Crippen LogP contribution in [-0.4, -0.2) is 30.0 Å². The van der Waals surface area contributed by atoms with Crippen molar-refractivity contribution < 1.29 is 19.1 Å². The van der Waals surface area contributed by atoms with Gasteiger partial charge < -0.3 is 21.1 Å². The molecule has 3 amide bonds. The molecule has 0 unspecified atom stereocenters. The maximum absolute atomic E-state index is 12.8. The predicted octanol–water partition coefficient (Wildman–Crippen LogP) is 2.91. The molecule has 0 aliphatic heterocycles. The van der Waals surface area contributed by atoms with Gasteiger partial charge in [0.25, 0.3) is 0 Å². The molecule has 8 heteroatoms. The number of carbonyl (C=O) groups is 3. The van der Waals surface area contributed by atoms with Crippen LogP contribution in [-0.2, 0) is 27.4 Å². The number of carbonyl (C=O) groups excluding carboxylic acids is 3. The first-order valence-corrected chi connectivity index (χ1v) is 10.4. The molecule has 0 saturated heterocycles. The number of rotatable bonds is 9. The number of hydrogen-bond acceptors (Lipinski definition) is 4. The van der Waals surface area contributed by atoms with Gasteiger partial charge in [-0.05, 0) is 23.1 Å². The maximum atomic E-state index is 12.8. The van der Waals surface area contributed by atoms with E-state index in [2.05, 4.69) is 26.6 Å². The number of ether oxygens (including phenoxy) is 1. The van der Waals surface area contributed by atoms with Gasteiger partial charge in [0.05, 0.1) is 0 Å². The first-order chi connectivity index (χ1) is 14.3. The number of primary amides is 1. The maximum Gasteiger partial charge on any atom is 0.408 e. The predicted molar refractivity (Wildman–Crippen MR) is 117 cm³/mol. The largest absolute Gasteiger partial charge is 0.445 e. The molecular formula is C22H26BrN3O4. The lowest BCUT2D eigenvalue weighted by Gasteiger charge is -2.24. The molecule has 0 saturated carbocycles. The second-order valence-corrected chi connectivity index (χ2v) is 8.04. The molecule has 0 aliphatic carbocycles. The third kappa shape index (κ3) is 7.18. The summed E-state index contributed by atoms with van der Waals surface area (Å²) in [6, 6.07) is 14.8. The van der Waals surface area contributed by atoms with Gasteiger partial charge in [-0.3, -0.25) is 9.59 Å². The Balaban J connectivity index is 1.99. The van der Waals surface area contributed by atoms with Gasteiger partial charge in [0, 0.05) is 10.9 Å². The Morgan fingerprint density at radius 3 is 2.23 bits per heavy atom. The summed E-state index contributed by atoms with van der Waals surface area (Å²) in [7, 11) is 0. The highest BCUT2D eigenvalue weighted by Crippen LogP contribution is 2.17. The number of alkyl carbamates (subject to hydrolysis) is 1. The Bertz CT molecular complexity index is 874. The van der Waals surface area contributed by atoms with Crippen molar-refractivity contribution in [2.75, 3.05) is 0 Å². The number of hydrogen-bond donors (Lipinski definition) is 3. The van der Waals surface area contributed by atoms with Crippen molar-refractivity contribution >= 4 is 33.8 Å². The van der Waals surface area contributed by atoms with Crippen LogP contribution in [0.1, 0.15) is 25.0 Å². The first-order valence-electron chi connectivity index (χ1n) is 9.58. The zero-order valence-corrected chi connectivity index (χ0v) is 18.5. The average Bonchev–Trinajstić information content (AvgIpc) is 2.71. The summed E-state index contributed by atoms with van der Waals surface area (Å²) in [4.78, 5) is 36.9. The highest BCUT2D eigenvalue weighted by molar-refractivity contribution is 9.10. The quantitative estimate of drug-likeness (QED) is 0.517. The van der Waals surface area contributed by atoms with Crippen LogP contribution < -0.4 is 16.4 Å². The second-order valence-electron chi connectivity index (χ2n) is 7.19. The third-order valence-corrected chi connectivity index (χ3v) is 5.25. The molecular weight excluding hydrogens is 450 g/mol. The zero-order valence-electron chi connectivity index (χ0n) is 16.9. The molecule has 0 spiro atoms. The number of benzene rings is 2. The SMILES string of the molecule is CC(C)[C@@H](NC(=O)OCc1ccccc1)C(=O)N[C@@H](Cc1ccccc1Br)C(N)=O. The molecule has 0 aromatic heterocycles. The molecule has 0 fully saturated rings. The monoisotopic (exact) mass is 475 g/mol. The molecule has 2 rings (SSSR count). The van der Waals surface area contributed by atoms with Crippen LogP contribution in [0.4, 0.5) is 4.79 Å². The van der Waals surface area contributed by atoms with E-state index in [0.717, 1.165) is 15.6 Å². The van der Waals surface area contributed by atoms with Gasteiger partial charge in [-0.2, -0.15) is 0 Å². The van der Waals surface area contributed by atoms with Crippen molar-refractivity contribution in [1.29, 1.82) is 0 Å². The zero-order chi connectivity index (χ0) is 22.1. The molecule has 0 radical (unpaired) electrons. The van der Waals surface area contributed by atoms with Crippen molar-refractivity contribution in [3.05, 3.63) is 70.2 Å². The van der Waals surface area contributed by atoms with E-state index < -0.39 is 30.0 Å². The van der Waals surface area contributed by atoms with E-state index in [0.29, 0.717) is 0 Å². The Morgan fingerprint density at radius 2 is 1.63 bits per heavy atom. The summed E-state index contributed by atoms with van der Waals surface area (Å²) in [5, 5.41) is 5.22.